The minimum atomic E-state index is -7.19. The normalized spacial score (nSPS) is 15.0. The average Bonchev–Trinajstić information content (AvgIpc) is 2.66. The van der Waals surface area contributed by atoms with Gasteiger partial charge in [0.05, 0.1) is 4.90 Å². The van der Waals surface area contributed by atoms with Gasteiger partial charge in [0.2, 0.25) is 10.0 Å². The van der Waals surface area contributed by atoms with Crippen LogP contribution in [0.25, 0.3) is 0 Å². The quantitative estimate of drug-likeness (QED) is 0.452. The Labute approximate surface area is 181 Å². The molecule has 1 unspecified atom stereocenters. The van der Waals surface area contributed by atoms with E-state index in [9.17, 15) is 47.9 Å². The summed E-state index contributed by atoms with van der Waals surface area (Å²) in [6.45, 7) is 1.54. The zero-order chi connectivity index (χ0) is 24.8. The molecule has 0 saturated heterocycles. The first-order valence-electron chi connectivity index (χ1n) is 8.39. The number of alkyl halides is 9. The van der Waals surface area contributed by atoms with Gasteiger partial charge in [0.25, 0.3) is 0 Å². The first-order valence-corrected chi connectivity index (χ1v) is 10.3. The summed E-state index contributed by atoms with van der Waals surface area (Å²) in [7, 11) is -5.08. The van der Waals surface area contributed by atoms with Crippen molar-refractivity contribution in [1.29, 1.82) is 0 Å². The largest absolute Gasteiger partial charge is 0.460 e. The van der Waals surface area contributed by atoms with Gasteiger partial charge in [-0.2, -0.15) is 44.2 Å². The summed E-state index contributed by atoms with van der Waals surface area (Å²) < 4.78 is 148. The SMILES string of the molecule is Cc1ccc(S(=O)(=O)NC(c2ccc(Cl)cc2)C(F)(F)C(F)(F)C(F)(F)C(F)(F)F)cc1. The molecule has 0 saturated carbocycles. The molecular weight excluding hydrogens is 501 g/mol. The standard InChI is InChI=1S/C18H13ClF9NO2S/c1-10-2-8-13(9-3-10)32(30,31)29-14(11-4-6-12(19)7-5-11)15(20,21)16(22,23)17(24,25)18(26,27)28/h2-9,14,29H,1H3. The minimum Gasteiger partial charge on any atom is -0.207 e. The van der Waals surface area contributed by atoms with Gasteiger partial charge in [0, 0.05) is 5.02 Å². The van der Waals surface area contributed by atoms with Crippen molar-refractivity contribution in [3.05, 3.63) is 64.7 Å². The maximum atomic E-state index is 14.7. The Morgan fingerprint density at radius 2 is 1.25 bits per heavy atom. The summed E-state index contributed by atoms with van der Waals surface area (Å²) in [6, 6.07) is 3.55. The van der Waals surface area contributed by atoms with Crippen LogP contribution >= 0.6 is 11.6 Å². The van der Waals surface area contributed by atoms with Crippen molar-refractivity contribution in [1.82, 2.24) is 4.72 Å². The number of aryl methyl sites for hydroxylation is 1. The summed E-state index contributed by atoms with van der Waals surface area (Å²) >= 11 is 5.55. The second-order valence-corrected chi connectivity index (χ2v) is 8.84. The number of benzene rings is 2. The van der Waals surface area contributed by atoms with Gasteiger partial charge in [-0.15, -0.1) is 0 Å². The molecule has 2 rings (SSSR count). The zero-order valence-electron chi connectivity index (χ0n) is 15.7. The Morgan fingerprint density at radius 3 is 1.69 bits per heavy atom. The number of sulfonamides is 1. The summed E-state index contributed by atoms with van der Waals surface area (Å²) in [5, 5.41) is -0.135. The fourth-order valence-corrected chi connectivity index (χ4v) is 3.87. The Bertz CT molecular complexity index is 1050. The van der Waals surface area contributed by atoms with Crippen LogP contribution in [0.4, 0.5) is 39.5 Å². The maximum absolute atomic E-state index is 14.7. The average molecular weight is 514 g/mol. The van der Waals surface area contributed by atoms with Gasteiger partial charge in [-0.3, -0.25) is 0 Å². The zero-order valence-corrected chi connectivity index (χ0v) is 17.3. The number of hydrogen-bond acceptors (Lipinski definition) is 2. The molecule has 1 atom stereocenters. The number of nitrogens with one attached hydrogen (secondary N) is 1. The van der Waals surface area contributed by atoms with Gasteiger partial charge in [0.15, 0.2) is 0 Å². The van der Waals surface area contributed by atoms with Gasteiger partial charge in [-0.05, 0) is 36.8 Å². The van der Waals surface area contributed by atoms with Crippen LogP contribution in [0.15, 0.2) is 53.4 Å². The van der Waals surface area contributed by atoms with Gasteiger partial charge in [0.1, 0.15) is 6.04 Å². The first kappa shape index (κ1) is 26.3. The highest BCUT2D eigenvalue weighted by atomic mass is 35.5. The predicted octanol–water partition coefficient (Wildman–Crippen LogP) is 6.14. The fourth-order valence-electron chi connectivity index (χ4n) is 2.52. The molecule has 0 aliphatic carbocycles. The van der Waals surface area contributed by atoms with Crippen molar-refractivity contribution in [2.75, 3.05) is 0 Å². The Balaban J connectivity index is 2.66. The Morgan fingerprint density at radius 1 is 0.781 bits per heavy atom. The molecular formula is C18H13ClF9NO2S. The first-order chi connectivity index (χ1) is 14.3. The van der Waals surface area contributed by atoms with Crippen molar-refractivity contribution in [3.63, 3.8) is 0 Å². The van der Waals surface area contributed by atoms with Crippen molar-refractivity contribution in [2.45, 2.75) is 41.8 Å². The van der Waals surface area contributed by atoms with Gasteiger partial charge in [-0.25, -0.2) is 8.42 Å². The third-order valence-electron chi connectivity index (χ3n) is 4.34. The van der Waals surface area contributed by atoms with Crippen LogP contribution in [-0.2, 0) is 10.0 Å². The Hall–Kier alpha value is -1.99. The lowest BCUT2D eigenvalue weighted by molar-refractivity contribution is -0.399. The highest BCUT2D eigenvalue weighted by molar-refractivity contribution is 7.89. The smallest absolute Gasteiger partial charge is 0.207 e. The van der Waals surface area contributed by atoms with E-state index >= 15 is 0 Å². The molecule has 32 heavy (non-hydrogen) atoms. The van der Waals surface area contributed by atoms with Crippen molar-refractivity contribution in [3.8, 4) is 0 Å². The maximum Gasteiger partial charge on any atom is 0.460 e. The monoisotopic (exact) mass is 513 g/mol. The van der Waals surface area contributed by atoms with Crippen LogP contribution in [0.2, 0.25) is 5.02 Å². The molecule has 1 N–H and O–H groups in total. The second-order valence-electron chi connectivity index (χ2n) is 6.69. The van der Waals surface area contributed by atoms with E-state index < -0.39 is 50.5 Å². The molecule has 14 heteroatoms. The van der Waals surface area contributed by atoms with E-state index in [0.717, 1.165) is 29.0 Å². The topological polar surface area (TPSA) is 46.2 Å². The van der Waals surface area contributed by atoms with E-state index in [4.69, 9.17) is 11.6 Å². The molecule has 0 spiro atoms. The summed E-state index contributed by atoms with van der Waals surface area (Å²) in [4.78, 5) is -0.719. The molecule has 3 nitrogen and oxygen atoms in total. The highest BCUT2D eigenvalue weighted by Crippen LogP contribution is 2.56. The van der Waals surface area contributed by atoms with E-state index in [1.54, 1.807) is 0 Å². The molecule has 2 aromatic rings. The molecule has 0 amide bonds. The lowest BCUT2D eigenvalue weighted by Crippen LogP contribution is -2.64. The molecule has 0 radical (unpaired) electrons. The number of rotatable bonds is 7. The molecule has 0 aliphatic rings. The lowest BCUT2D eigenvalue weighted by atomic mass is 9.93. The summed E-state index contributed by atoms with van der Waals surface area (Å²) in [5.41, 5.74) is -0.507. The summed E-state index contributed by atoms with van der Waals surface area (Å²) in [6.07, 6.45) is -7.06. The van der Waals surface area contributed by atoms with Crippen LogP contribution in [0.5, 0.6) is 0 Å². The minimum absolute atomic E-state index is 0.135. The van der Waals surface area contributed by atoms with Crippen LogP contribution in [0.3, 0.4) is 0 Å². The molecule has 0 fully saturated rings. The molecule has 0 bridgehead atoms. The van der Waals surface area contributed by atoms with Crippen LogP contribution in [-0.4, -0.2) is 32.4 Å². The number of halogens is 10. The summed E-state index contributed by atoms with van der Waals surface area (Å²) in [5.74, 6) is -20.5. The molecule has 0 aromatic heterocycles. The second kappa shape index (κ2) is 8.41. The van der Waals surface area contributed by atoms with Gasteiger partial charge < -0.3 is 0 Å². The van der Waals surface area contributed by atoms with Gasteiger partial charge in [-0.1, -0.05) is 41.4 Å². The van der Waals surface area contributed by atoms with Crippen molar-refractivity contribution >= 4 is 21.6 Å². The third kappa shape index (κ3) is 4.69. The van der Waals surface area contributed by atoms with Crippen molar-refractivity contribution in [2.24, 2.45) is 0 Å². The molecule has 2 aromatic carbocycles. The van der Waals surface area contributed by atoms with E-state index in [2.05, 4.69) is 0 Å². The van der Waals surface area contributed by atoms with Crippen LogP contribution < -0.4 is 4.72 Å². The molecule has 0 aliphatic heterocycles. The molecule has 0 heterocycles. The van der Waals surface area contributed by atoms with Crippen LogP contribution in [0.1, 0.15) is 17.2 Å². The molecule has 178 valence electrons. The van der Waals surface area contributed by atoms with E-state index in [1.807, 2.05) is 0 Å². The lowest BCUT2D eigenvalue weighted by Gasteiger charge is -2.38. The van der Waals surface area contributed by atoms with E-state index in [-0.39, 0.29) is 5.02 Å². The predicted molar refractivity (Wildman–Crippen MR) is 96.6 cm³/mol. The fraction of sp³-hybridized carbons (Fsp3) is 0.333. The third-order valence-corrected chi connectivity index (χ3v) is 6.03. The van der Waals surface area contributed by atoms with Crippen molar-refractivity contribution < 1.29 is 47.9 Å². The van der Waals surface area contributed by atoms with Crippen LogP contribution in [0, 0.1) is 6.92 Å². The number of hydrogen-bond donors (Lipinski definition) is 1. The van der Waals surface area contributed by atoms with E-state index in [0.29, 0.717) is 17.7 Å². The Kier molecular flexibility index (Phi) is 6.91. The highest BCUT2D eigenvalue weighted by Gasteiger charge is 2.83. The van der Waals surface area contributed by atoms with E-state index in [1.165, 1.54) is 19.1 Å². The van der Waals surface area contributed by atoms with Gasteiger partial charge >= 0.3 is 23.9 Å².